The van der Waals surface area contributed by atoms with Gasteiger partial charge in [-0.2, -0.15) is 11.8 Å². The van der Waals surface area contributed by atoms with Crippen LogP contribution in [0, 0.1) is 0 Å². The van der Waals surface area contributed by atoms with Crippen molar-refractivity contribution in [1.82, 2.24) is 5.32 Å². The fourth-order valence-corrected chi connectivity index (χ4v) is 2.21. The molecule has 2 N–H and O–H groups in total. The molecule has 0 unspecified atom stereocenters. The first kappa shape index (κ1) is 15.6. The normalized spacial score (nSPS) is 10.2. The van der Waals surface area contributed by atoms with Crippen molar-refractivity contribution in [2.45, 2.75) is 19.3 Å². The van der Waals surface area contributed by atoms with E-state index >= 15 is 0 Å². The lowest BCUT2D eigenvalue weighted by Crippen LogP contribution is -2.26. The van der Waals surface area contributed by atoms with Gasteiger partial charge in [0.05, 0.1) is 12.0 Å². The average molecular weight is 281 g/mol. The van der Waals surface area contributed by atoms with E-state index in [0.717, 1.165) is 18.6 Å². The van der Waals surface area contributed by atoms with Crippen LogP contribution in [0.25, 0.3) is 0 Å². The zero-order chi connectivity index (χ0) is 14.1. The van der Waals surface area contributed by atoms with Crippen molar-refractivity contribution in [3.63, 3.8) is 0 Å². The van der Waals surface area contributed by atoms with Gasteiger partial charge in [0.2, 0.25) is 5.91 Å². The summed E-state index contributed by atoms with van der Waals surface area (Å²) in [5.41, 5.74) is 0.747. The summed E-state index contributed by atoms with van der Waals surface area (Å²) in [6, 6.07) is 6.60. The van der Waals surface area contributed by atoms with Gasteiger partial charge in [0.1, 0.15) is 0 Å². The van der Waals surface area contributed by atoms with E-state index in [2.05, 4.69) is 11.6 Å². The van der Waals surface area contributed by atoms with Gasteiger partial charge in [-0.3, -0.25) is 4.79 Å². The molecule has 0 bridgehead atoms. The van der Waals surface area contributed by atoms with Gasteiger partial charge >= 0.3 is 5.97 Å². The summed E-state index contributed by atoms with van der Waals surface area (Å²) in [6.45, 7) is 0.647. The number of carboxylic acid groups (broad SMARTS) is 1. The van der Waals surface area contributed by atoms with E-state index in [9.17, 15) is 9.59 Å². The molecule has 0 aliphatic heterocycles. The number of benzene rings is 1. The molecule has 104 valence electrons. The quantitative estimate of drug-likeness (QED) is 0.717. The summed E-state index contributed by atoms with van der Waals surface area (Å²) in [7, 11) is 0. The molecule has 0 saturated carbocycles. The number of unbranched alkanes of at least 4 members (excludes halogenated alkanes) is 1. The van der Waals surface area contributed by atoms with Gasteiger partial charge in [-0.1, -0.05) is 18.2 Å². The second-order valence-electron chi connectivity index (χ2n) is 4.19. The Kier molecular flexibility index (Phi) is 7.03. The van der Waals surface area contributed by atoms with Crippen molar-refractivity contribution in [2.75, 3.05) is 18.6 Å². The highest BCUT2D eigenvalue weighted by Crippen LogP contribution is 2.09. The summed E-state index contributed by atoms with van der Waals surface area (Å²) < 4.78 is 0. The largest absolute Gasteiger partial charge is 0.478 e. The molecule has 0 aromatic heterocycles. The molecule has 1 amide bonds. The van der Waals surface area contributed by atoms with Crippen LogP contribution in [-0.2, 0) is 11.2 Å². The zero-order valence-electron chi connectivity index (χ0n) is 11.0. The fraction of sp³-hybridized carbons (Fsp3) is 0.429. The maximum absolute atomic E-state index is 11.7. The molecule has 1 aromatic carbocycles. The van der Waals surface area contributed by atoms with E-state index in [0.29, 0.717) is 12.1 Å². The Balaban J connectivity index is 2.42. The zero-order valence-corrected chi connectivity index (χ0v) is 11.8. The smallest absolute Gasteiger partial charge is 0.335 e. The van der Waals surface area contributed by atoms with Crippen LogP contribution in [0.4, 0.5) is 0 Å². The van der Waals surface area contributed by atoms with Crippen LogP contribution in [0.1, 0.15) is 28.8 Å². The number of aromatic carboxylic acids is 1. The highest BCUT2D eigenvalue weighted by atomic mass is 32.2. The van der Waals surface area contributed by atoms with Crippen LogP contribution >= 0.6 is 11.8 Å². The van der Waals surface area contributed by atoms with Crippen molar-refractivity contribution < 1.29 is 14.7 Å². The second kappa shape index (κ2) is 8.58. The van der Waals surface area contributed by atoms with Crippen molar-refractivity contribution in [3.05, 3.63) is 35.4 Å². The lowest BCUT2D eigenvalue weighted by Gasteiger charge is -2.07. The Morgan fingerprint density at radius 3 is 2.68 bits per heavy atom. The van der Waals surface area contributed by atoms with Crippen molar-refractivity contribution in [2.24, 2.45) is 0 Å². The lowest BCUT2D eigenvalue weighted by atomic mass is 10.0. The van der Waals surface area contributed by atoms with Crippen LogP contribution in [0.5, 0.6) is 0 Å². The molecule has 0 aliphatic rings. The minimum Gasteiger partial charge on any atom is -0.478 e. The summed E-state index contributed by atoms with van der Waals surface area (Å²) in [6.07, 6.45) is 4.20. The predicted octanol–water partition coefficient (Wildman–Crippen LogP) is 2.19. The summed E-state index contributed by atoms with van der Waals surface area (Å²) in [5.74, 6) is -0.0289. The number of hydrogen-bond acceptors (Lipinski definition) is 3. The summed E-state index contributed by atoms with van der Waals surface area (Å²) in [4.78, 5) is 22.7. The molecular weight excluding hydrogens is 262 g/mol. The van der Waals surface area contributed by atoms with Gasteiger partial charge in [0.15, 0.2) is 0 Å². The Labute approximate surface area is 117 Å². The van der Waals surface area contributed by atoms with Crippen LogP contribution in [0.2, 0.25) is 0 Å². The van der Waals surface area contributed by atoms with Gasteiger partial charge in [-0.15, -0.1) is 0 Å². The minimum absolute atomic E-state index is 0.116. The molecule has 0 aliphatic carbocycles. The van der Waals surface area contributed by atoms with E-state index in [1.807, 2.05) is 0 Å². The number of carbonyl (C=O) groups excluding carboxylic acids is 1. The maximum atomic E-state index is 11.7. The molecule has 0 spiro atoms. The molecule has 5 heteroatoms. The van der Waals surface area contributed by atoms with Crippen LogP contribution in [0.15, 0.2) is 24.3 Å². The SMILES string of the molecule is CSCCCCNC(=O)Cc1ccccc1C(=O)O. The Morgan fingerprint density at radius 2 is 2.00 bits per heavy atom. The molecule has 0 heterocycles. The Bertz CT molecular complexity index is 434. The number of thioether (sulfide) groups is 1. The topological polar surface area (TPSA) is 66.4 Å². The van der Waals surface area contributed by atoms with Crippen molar-refractivity contribution in [3.8, 4) is 0 Å². The molecule has 19 heavy (non-hydrogen) atoms. The molecule has 0 radical (unpaired) electrons. The third kappa shape index (κ3) is 5.79. The standard InChI is InChI=1S/C14H19NO3S/c1-19-9-5-4-8-15-13(16)10-11-6-2-3-7-12(11)14(17)18/h2-3,6-7H,4-5,8-10H2,1H3,(H,15,16)(H,17,18). The van der Waals surface area contributed by atoms with Gasteiger partial charge in [-0.25, -0.2) is 4.79 Å². The monoisotopic (exact) mass is 281 g/mol. The van der Waals surface area contributed by atoms with Gasteiger partial charge in [-0.05, 0) is 36.5 Å². The van der Waals surface area contributed by atoms with Crippen LogP contribution in [-0.4, -0.2) is 35.5 Å². The van der Waals surface area contributed by atoms with E-state index in [4.69, 9.17) is 5.11 Å². The van der Waals surface area contributed by atoms with Gasteiger partial charge in [0, 0.05) is 6.54 Å². The number of carboxylic acids is 1. The number of rotatable bonds is 8. The molecular formula is C14H19NO3S. The molecule has 1 aromatic rings. The Morgan fingerprint density at radius 1 is 1.26 bits per heavy atom. The highest BCUT2D eigenvalue weighted by Gasteiger charge is 2.11. The highest BCUT2D eigenvalue weighted by molar-refractivity contribution is 7.98. The molecule has 0 atom stereocenters. The number of carbonyl (C=O) groups is 2. The van der Waals surface area contributed by atoms with Gasteiger partial charge in [0.25, 0.3) is 0 Å². The van der Waals surface area contributed by atoms with E-state index in [-0.39, 0.29) is 17.9 Å². The lowest BCUT2D eigenvalue weighted by molar-refractivity contribution is -0.120. The van der Waals surface area contributed by atoms with Gasteiger partial charge < -0.3 is 10.4 Å². The fourth-order valence-electron chi connectivity index (χ4n) is 1.72. The number of hydrogen-bond donors (Lipinski definition) is 2. The average Bonchev–Trinajstić information content (AvgIpc) is 2.39. The molecule has 0 fully saturated rings. The first-order valence-electron chi connectivity index (χ1n) is 6.22. The molecule has 1 rings (SSSR count). The van der Waals surface area contributed by atoms with E-state index in [1.165, 1.54) is 6.07 Å². The Hall–Kier alpha value is -1.49. The maximum Gasteiger partial charge on any atom is 0.335 e. The first-order chi connectivity index (χ1) is 9.15. The van der Waals surface area contributed by atoms with Crippen LogP contribution in [0.3, 0.4) is 0 Å². The summed E-state index contributed by atoms with van der Waals surface area (Å²) in [5, 5.41) is 11.8. The first-order valence-corrected chi connectivity index (χ1v) is 7.61. The number of nitrogens with one attached hydrogen (secondary N) is 1. The third-order valence-electron chi connectivity index (χ3n) is 2.70. The van der Waals surface area contributed by atoms with E-state index in [1.54, 1.807) is 30.0 Å². The van der Waals surface area contributed by atoms with E-state index < -0.39 is 5.97 Å². The minimum atomic E-state index is -0.997. The number of amides is 1. The van der Waals surface area contributed by atoms with Crippen molar-refractivity contribution in [1.29, 1.82) is 0 Å². The summed E-state index contributed by atoms with van der Waals surface area (Å²) >= 11 is 1.79. The van der Waals surface area contributed by atoms with Crippen LogP contribution < -0.4 is 5.32 Å². The third-order valence-corrected chi connectivity index (χ3v) is 3.39. The van der Waals surface area contributed by atoms with Crippen molar-refractivity contribution >= 4 is 23.6 Å². The predicted molar refractivity (Wildman–Crippen MR) is 77.7 cm³/mol. The molecule has 4 nitrogen and oxygen atoms in total. The molecule has 0 saturated heterocycles. The second-order valence-corrected chi connectivity index (χ2v) is 5.17.